The molecule has 0 aliphatic carbocycles. The van der Waals surface area contributed by atoms with E-state index in [0.29, 0.717) is 34.7 Å². The van der Waals surface area contributed by atoms with E-state index in [1.54, 1.807) is 0 Å². The highest BCUT2D eigenvalue weighted by atomic mass is 35.5. The molecular weight excluding hydrogens is 663 g/mol. The molecule has 2 amide bonds. The molecule has 0 radical (unpaired) electrons. The molecule has 2 heterocycles. The predicted octanol–water partition coefficient (Wildman–Crippen LogP) is 7.40. The molecule has 0 aliphatic heterocycles. The van der Waals surface area contributed by atoms with Crippen LogP contribution in [0.25, 0.3) is 22.2 Å². The number of imidazole rings is 1. The molecule has 2 aromatic heterocycles. The van der Waals surface area contributed by atoms with Crippen LogP contribution in [0.4, 0.5) is 23.8 Å². The molecular formula is C34H29ClF3N7O4. The Labute approximate surface area is 282 Å². The molecule has 0 saturated carbocycles. The Hall–Kier alpha value is -6.02. The third-order valence-electron chi connectivity index (χ3n) is 7.09. The number of hydrogen-bond donors (Lipinski definition) is 6. The lowest BCUT2D eigenvalue weighted by molar-refractivity contribution is -0.192. The number of aliphatic carboxylic acids is 1. The first kappa shape index (κ1) is 34.3. The Morgan fingerprint density at radius 2 is 1.61 bits per heavy atom. The van der Waals surface area contributed by atoms with Gasteiger partial charge in [0.15, 0.2) is 5.82 Å². The van der Waals surface area contributed by atoms with Gasteiger partial charge in [-0.1, -0.05) is 84.4 Å². The van der Waals surface area contributed by atoms with E-state index in [-0.39, 0.29) is 12.6 Å². The highest BCUT2D eigenvalue weighted by Crippen LogP contribution is 2.31. The van der Waals surface area contributed by atoms with E-state index in [9.17, 15) is 18.0 Å². The average molecular weight is 692 g/mol. The quantitative estimate of drug-likeness (QED) is 0.0917. The first-order valence-corrected chi connectivity index (χ1v) is 15.0. The topological polar surface area (TPSA) is 171 Å². The molecule has 49 heavy (non-hydrogen) atoms. The predicted molar refractivity (Wildman–Crippen MR) is 178 cm³/mol. The van der Waals surface area contributed by atoms with E-state index in [0.717, 1.165) is 33.3 Å². The molecule has 0 bridgehead atoms. The van der Waals surface area contributed by atoms with Gasteiger partial charge in [0.1, 0.15) is 28.2 Å². The summed E-state index contributed by atoms with van der Waals surface area (Å²) in [7, 11) is 0. The van der Waals surface area contributed by atoms with Crippen LogP contribution in [0.15, 0.2) is 103 Å². The number of carbonyl (C=O) groups is 2. The normalized spacial score (nSPS) is 11.7. The molecule has 11 nitrogen and oxygen atoms in total. The van der Waals surface area contributed by atoms with E-state index < -0.39 is 18.2 Å². The number of alkyl halides is 3. The molecule has 6 rings (SSSR count). The van der Waals surface area contributed by atoms with E-state index in [4.69, 9.17) is 37.0 Å². The van der Waals surface area contributed by atoms with Gasteiger partial charge in [-0.15, -0.1) is 0 Å². The Morgan fingerprint density at radius 3 is 2.31 bits per heavy atom. The molecule has 0 aliphatic rings. The number of urea groups is 1. The number of fused-ring (bicyclic) bond motifs is 1. The third kappa shape index (κ3) is 9.08. The fourth-order valence-electron chi connectivity index (χ4n) is 4.73. The number of para-hydroxylation sites is 2. The molecule has 0 unspecified atom stereocenters. The average Bonchev–Trinajstić information content (AvgIpc) is 3.66. The standard InChI is InChI=1S/C32H28ClN7O2.C2HF3O2/c33-29-28(21-15-16-24-25(18-21)39-40-30(24)34)37-31(38-29)26(17-20-9-3-1-4-10-20)36-32(41)35-19-22-11-7-8-14-27(22)42-23-12-5-2-6-13-23;3-2(4,5)1(6)7/h1-16,18,26H,17,19H2,(H,37,38)(H3,34,39,40)(H2,35,36,41);(H,6,7)/t26-;/m0./s1. The van der Waals surface area contributed by atoms with E-state index in [1.807, 2.05) is 103 Å². The van der Waals surface area contributed by atoms with Crippen molar-refractivity contribution in [2.75, 3.05) is 5.73 Å². The number of hydrogen-bond acceptors (Lipinski definition) is 6. The van der Waals surface area contributed by atoms with Crippen LogP contribution < -0.4 is 21.1 Å². The zero-order valence-electron chi connectivity index (χ0n) is 25.5. The number of H-pyrrole nitrogens is 2. The second-order valence-corrected chi connectivity index (χ2v) is 10.9. The van der Waals surface area contributed by atoms with Gasteiger partial charge in [0.2, 0.25) is 0 Å². The van der Waals surface area contributed by atoms with Gasteiger partial charge in [-0.3, -0.25) is 5.10 Å². The molecule has 0 fully saturated rings. The second-order valence-electron chi connectivity index (χ2n) is 10.5. The maximum atomic E-state index is 13.2. The van der Waals surface area contributed by atoms with Crippen LogP contribution >= 0.6 is 11.6 Å². The van der Waals surface area contributed by atoms with E-state index in [2.05, 4.69) is 25.8 Å². The van der Waals surface area contributed by atoms with Crippen LogP contribution in [-0.2, 0) is 17.8 Å². The van der Waals surface area contributed by atoms with Crippen molar-refractivity contribution in [3.63, 3.8) is 0 Å². The summed E-state index contributed by atoms with van der Waals surface area (Å²) < 4.78 is 37.8. The zero-order valence-corrected chi connectivity index (χ0v) is 26.2. The number of amides is 2. The number of anilines is 1. The highest BCUT2D eigenvalue weighted by molar-refractivity contribution is 6.32. The van der Waals surface area contributed by atoms with Gasteiger partial charge in [0, 0.05) is 23.1 Å². The van der Waals surface area contributed by atoms with E-state index in [1.165, 1.54) is 0 Å². The van der Waals surface area contributed by atoms with Crippen molar-refractivity contribution >= 4 is 40.3 Å². The van der Waals surface area contributed by atoms with Crippen molar-refractivity contribution in [1.82, 2.24) is 30.8 Å². The van der Waals surface area contributed by atoms with Crippen molar-refractivity contribution in [1.29, 1.82) is 0 Å². The Kier molecular flexibility index (Phi) is 10.7. The lowest BCUT2D eigenvalue weighted by Crippen LogP contribution is -2.38. The molecule has 0 saturated heterocycles. The third-order valence-corrected chi connectivity index (χ3v) is 7.36. The number of aromatic nitrogens is 4. The van der Waals surface area contributed by atoms with Crippen LogP contribution in [-0.4, -0.2) is 43.4 Å². The number of benzene rings is 4. The fourth-order valence-corrected chi connectivity index (χ4v) is 4.98. The van der Waals surface area contributed by atoms with Gasteiger partial charge in [0.25, 0.3) is 0 Å². The number of nitrogens with two attached hydrogens (primary N) is 1. The molecule has 7 N–H and O–H groups in total. The molecule has 6 aromatic rings. The maximum Gasteiger partial charge on any atom is 0.490 e. The number of rotatable bonds is 9. The molecule has 252 valence electrons. The number of nitrogens with zero attached hydrogens (tertiary/aromatic N) is 2. The lowest BCUT2D eigenvalue weighted by Gasteiger charge is -2.18. The summed E-state index contributed by atoms with van der Waals surface area (Å²) in [6.45, 7) is 0.268. The van der Waals surface area contributed by atoms with Gasteiger partial charge < -0.3 is 31.2 Å². The van der Waals surface area contributed by atoms with Crippen molar-refractivity contribution in [2.24, 2.45) is 0 Å². The van der Waals surface area contributed by atoms with Gasteiger partial charge in [-0.2, -0.15) is 18.3 Å². The monoisotopic (exact) mass is 691 g/mol. The summed E-state index contributed by atoms with van der Waals surface area (Å²) in [5.74, 6) is -0.405. The molecule has 0 spiro atoms. The summed E-state index contributed by atoms with van der Waals surface area (Å²) in [5, 5.41) is 21.3. The van der Waals surface area contributed by atoms with Gasteiger partial charge >= 0.3 is 18.2 Å². The number of aromatic amines is 2. The van der Waals surface area contributed by atoms with Crippen LogP contribution in [0.3, 0.4) is 0 Å². The number of ether oxygens (including phenoxy) is 1. The fraction of sp³-hybridized carbons (Fsp3) is 0.118. The van der Waals surface area contributed by atoms with Crippen molar-refractivity contribution in [2.45, 2.75) is 25.2 Å². The van der Waals surface area contributed by atoms with Crippen molar-refractivity contribution in [3.8, 4) is 22.8 Å². The van der Waals surface area contributed by atoms with Gasteiger partial charge in [0.05, 0.1) is 11.6 Å². The smallest absolute Gasteiger partial charge is 0.475 e. The zero-order chi connectivity index (χ0) is 35.0. The van der Waals surface area contributed by atoms with Gasteiger partial charge in [-0.05, 0) is 42.3 Å². The van der Waals surface area contributed by atoms with Crippen LogP contribution in [0.2, 0.25) is 5.15 Å². The first-order valence-electron chi connectivity index (χ1n) is 14.7. The summed E-state index contributed by atoms with van der Waals surface area (Å²) in [6.07, 6.45) is -4.58. The Bertz CT molecular complexity index is 2040. The van der Waals surface area contributed by atoms with Gasteiger partial charge in [-0.25, -0.2) is 14.6 Å². The van der Waals surface area contributed by atoms with E-state index >= 15 is 0 Å². The summed E-state index contributed by atoms with van der Waals surface area (Å²) in [4.78, 5) is 30.1. The van der Waals surface area contributed by atoms with Crippen molar-refractivity contribution in [3.05, 3.63) is 125 Å². The van der Waals surface area contributed by atoms with Crippen LogP contribution in [0.1, 0.15) is 23.0 Å². The molecule has 4 aromatic carbocycles. The number of carboxylic acid groups (broad SMARTS) is 1. The minimum absolute atomic E-state index is 0.268. The Balaban J connectivity index is 0.000000606. The number of nitrogens with one attached hydrogen (secondary N) is 4. The molecule has 15 heteroatoms. The Morgan fingerprint density at radius 1 is 0.959 bits per heavy atom. The summed E-state index contributed by atoms with van der Waals surface area (Å²) in [5.41, 5.74) is 9.93. The number of carbonyl (C=O) groups excluding carboxylic acids is 1. The first-order chi connectivity index (χ1) is 23.5. The number of halogens is 4. The maximum absolute atomic E-state index is 13.2. The van der Waals surface area contributed by atoms with Crippen molar-refractivity contribution < 1.29 is 32.6 Å². The summed E-state index contributed by atoms with van der Waals surface area (Å²) >= 11 is 6.63. The van der Waals surface area contributed by atoms with Crippen LogP contribution in [0, 0.1) is 0 Å². The largest absolute Gasteiger partial charge is 0.490 e. The lowest BCUT2D eigenvalue weighted by atomic mass is 10.1. The SMILES string of the molecule is Nc1n[nH]c2cc(-c3nc([C@H](Cc4ccccc4)NC(=O)NCc4ccccc4Oc4ccccc4)[nH]c3Cl)ccc12.O=C(O)C(F)(F)F. The minimum atomic E-state index is -5.08. The van der Waals surface area contributed by atoms with Crippen LogP contribution in [0.5, 0.6) is 11.5 Å². The summed E-state index contributed by atoms with van der Waals surface area (Å²) in [6, 6.07) is 31.8. The number of nitrogen functional groups attached to an aromatic ring is 1. The minimum Gasteiger partial charge on any atom is -0.475 e. The highest BCUT2D eigenvalue weighted by Gasteiger charge is 2.38. The molecule has 1 atom stereocenters. The number of carboxylic acids is 1. The second kappa shape index (κ2) is 15.3.